The number of carbonyl (C=O) groups is 3. The van der Waals surface area contributed by atoms with E-state index in [1.165, 1.54) is 212 Å². The van der Waals surface area contributed by atoms with E-state index in [1.54, 1.807) is 0 Å². The van der Waals surface area contributed by atoms with Crippen molar-refractivity contribution < 1.29 is 52.2 Å². The second-order valence-corrected chi connectivity index (χ2v) is 23.0. The van der Waals surface area contributed by atoms with Crippen molar-refractivity contribution in [2.45, 2.75) is 341 Å². The monoisotopic (exact) mass is 1070 g/mol. The Bertz CT molecular complexity index is 1290. The van der Waals surface area contributed by atoms with Crippen molar-refractivity contribution in [3.63, 3.8) is 0 Å². The molecule has 74 heavy (non-hydrogen) atoms. The van der Waals surface area contributed by atoms with Crippen molar-refractivity contribution in [3.05, 3.63) is 12.2 Å². The highest BCUT2D eigenvalue weighted by atomic mass is 31.2. The van der Waals surface area contributed by atoms with Gasteiger partial charge in [-0.3, -0.25) is 23.4 Å². The summed E-state index contributed by atoms with van der Waals surface area (Å²) in [4.78, 5) is 48.6. The molecule has 0 radical (unpaired) electrons. The normalized spacial score (nSPS) is 13.3. The van der Waals surface area contributed by atoms with E-state index in [0.29, 0.717) is 19.3 Å². The zero-order valence-electron chi connectivity index (χ0n) is 48.6. The summed E-state index contributed by atoms with van der Waals surface area (Å²) >= 11 is 0. The van der Waals surface area contributed by atoms with Crippen LogP contribution in [0, 0.1) is 0 Å². The third-order valence-electron chi connectivity index (χ3n) is 14.2. The molecular weight excluding hydrogens is 952 g/mol. The lowest BCUT2D eigenvalue weighted by Crippen LogP contribution is -2.30. The molecule has 0 aromatic rings. The number of unbranched alkanes of at least 4 members (excludes halogenated alkanes) is 41. The Labute approximate surface area is 456 Å². The van der Waals surface area contributed by atoms with Crippen molar-refractivity contribution in [2.75, 3.05) is 26.4 Å². The van der Waals surface area contributed by atoms with Crippen LogP contribution in [0.2, 0.25) is 0 Å². The quantitative estimate of drug-likeness (QED) is 0.0197. The van der Waals surface area contributed by atoms with Crippen LogP contribution in [-0.2, 0) is 42.2 Å². The highest BCUT2D eigenvalue weighted by Gasteiger charge is 2.28. The zero-order valence-corrected chi connectivity index (χ0v) is 49.5. The van der Waals surface area contributed by atoms with Gasteiger partial charge in [-0.1, -0.05) is 277 Å². The maximum atomic E-state index is 12.9. The Hall–Kier alpha value is -1.78. The van der Waals surface area contributed by atoms with Crippen LogP contribution in [0.3, 0.4) is 0 Å². The van der Waals surface area contributed by atoms with Gasteiger partial charge in [0.25, 0.3) is 0 Å². The van der Waals surface area contributed by atoms with Crippen LogP contribution < -0.4 is 0 Å². The molecule has 0 aliphatic carbocycles. The number of carbonyl (C=O) groups excluding carboxylic acids is 3. The first-order valence-electron chi connectivity index (χ1n) is 31.6. The average molecular weight is 1070 g/mol. The van der Waals surface area contributed by atoms with Crippen LogP contribution in [0.15, 0.2) is 12.2 Å². The zero-order chi connectivity index (χ0) is 54.1. The molecule has 0 saturated carbocycles. The van der Waals surface area contributed by atoms with Gasteiger partial charge >= 0.3 is 25.7 Å². The highest BCUT2D eigenvalue weighted by molar-refractivity contribution is 7.47. The predicted octanol–water partition coefficient (Wildman–Crippen LogP) is 18.8. The fourth-order valence-corrected chi connectivity index (χ4v) is 10.1. The average Bonchev–Trinajstić information content (AvgIpc) is 3.39. The lowest BCUT2D eigenvalue weighted by Gasteiger charge is -2.21. The first kappa shape index (κ1) is 72.2. The first-order valence-corrected chi connectivity index (χ1v) is 33.1. The summed E-state index contributed by atoms with van der Waals surface area (Å²) in [5, 5.41) is 9.83. The summed E-state index contributed by atoms with van der Waals surface area (Å²) in [6, 6.07) is 0. The Morgan fingerprint density at radius 1 is 0.365 bits per heavy atom. The molecule has 0 saturated heterocycles. The summed E-state index contributed by atoms with van der Waals surface area (Å²) in [7, 11) is -4.74. The molecule has 0 aromatic carbocycles. The van der Waals surface area contributed by atoms with Crippen LogP contribution in [-0.4, -0.2) is 66.5 Å². The third kappa shape index (κ3) is 55.0. The SMILES string of the molecule is CCCCCCCC/C=C\CCCCCCCCCCCC(=O)OC(COC(=O)CCCCCCCCCCCCCCC)COP(=O)(O)OCC(CO)OC(=O)CCCCCCCCCCCCCCCCC. The Balaban J connectivity index is 4.63. The van der Waals surface area contributed by atoms with E-state index >= 15 is 0 Å². The molecule has 2 N–H and O–H groups in total. The maximum absolute atomic E-state index is 12.9. The molecule has 0 rings (SSSR count). The minimum absolute atomic E-state index is 0.173. The summed E-state index contributed by atoms with van der Waals surface area (Å²) in [6.07, 6.45) is 57.3. The summed E-state index contributed by atoms with van der Waals surface area (Å²) < 4.78 is 39.6. The number of ether oxygens (including phenoxy) is 3. The van der Waals surface area contributed by atoms with Crippen molar-refractivity contribution in [3.8, 4) is 0 Å². The van der Waals surface area contributed by atoms with E-state index in [-0.39, 0.29) is 25.9 Å². The number of phosphoric ester groups is 1. The fourth-order valence-electron chi connectivity index (χ4n) is 9.35. The summed E-state index contributed by atoms with van der Waals surface area (Å²) in [5.74, 6) is -1.43. The van der Waals surface area contributed by atoms with Crippen LogP contribution >= 0.6 is 7.82 Å². The molecule has 0 aliphatic rings. The molecule has 0 heterocycles. The van der Waals surface area contributed by atoms with Gasteiger partial charge in [0.15, 0.2) is 6.10 Å². The Morgan fingerprint density at radius 2 is 0.622 bits per heavy atom. The van der Waals surface area contributed by atoms with Crippen molar-refractivity contribution in [1.29, 1.82) is 0 Å². The van der Waals surface area contributed by atoms with Crippen molar-refractivity contribution >= 4 is 25.7 Å². The number of aliphatic hydroxyl groups excluding tert-OH is 1. The first-order chi connectivity index (χ1) is 36.2. The second-order valence-electron chi connectivity index (χ2n) is 21.6. The minimum Gasteiger partial charge on any atom is -0.462 e. The molecule has 0 amide bonds. The molecule has 0 aromatic heterocycles. The fraction of sp³-hybridized carbons (Fsp3) is 0.919. The summed E-state index contributed by atoms with van der Waals surface area (Å²) in [5.41, 5.74) is 0. The van der Waals surface area contributed by atoms with E-state index in [4.69, 9.17) is 23.3 Å². The molecule has 0 spiro atoms. The molecule has 0 aliphatic heterocycles. The molecule has 0 bridgehead atoms. The van der Waals surface area contributed by atoms with Gasteiger partial charge in [0, 0.05) is 19.3 Å². The van der Waals surface area contributed by atoms with E-state index in [9.17, 15) is 28.9 Å². The van der Waals surface area contributed by atoms with Gasteiger partial charge in [0.05, 0.1) is 19.8 Å². The molecule has 0 fully saturated rings. The predicted molar refractivity (Wildman–Crippen MR) is 307 cm³/mol. The van der Waals surface area contributed by atoms with Gasteiger partial charge in [0.1, 0.15) is 12.7 Å². The van der Waals surface area contributed by atoms with Crippen LogP contribution in [0.1, 0.15) is 329 Å². The Kier molecular flexibility index (Phi) is 56.0. The lowest BCUT2D eigenvalue weighted by atomic mass is 10.0. The largest absolute Gasteiger partial charge is 0.472 e. The molecule has 3 unspecified atom stereocenters. The standard InChI is InChI=1S/C62H119O11P/c1-4-7-10-13-16-19-22-25-27-28-29-30-32-35-38-41-44-47-50-53-62(66)73-59(55-69-60(64)51-48-45-42-39-36-33-24-21-18-15-12-9-6-3)57-71-74(67,68)70-56-58(54-63)72-61(65)52-49-46-43-40-37-34-31-26-23-20-17-14-11-8-5-2/h25,27,58-59,63H,4-24,26,28-57H2,1-3H3,(H,67,68)/b27-25-. The van der Waals surface area contributed by atoms with E-state index < -0.39 is 57.8 Å². The van der Waals surface area contributed by atoms with E-state index in [2.05, 4.69) is 32.9 Å². The molecule has 438 valence electrons. The van der Waals surface area contributed by atoms with Gasteiger partial charge in [0.2, 0.25) is 0 Å². The van der Waals surface area contributed by atoms with Gasteiger partial charge in [-0.2, -0.15) is 0 Å². The minimum atomic E-state index is -4.74. The highest BCUT2D eigenvalue weighted by Crippen LogP contribution is 2.43. The molecular formula is C62H119O11P. The van der Waals surface area contributed by atoms with Gasteiger partial charge < -0.3 is 24.2 Å². The maximum Gasteiger partial charge on any atom is 0.472 e. The Morgan fingerprint density at radius 3 is 0.932 bits per heavy atom. The molecule has 11 nitrogen and oxygen atoms in total. The number of hydrogen-bond donors (Lipinski definition) is 2. The van der Waals surface area contributed by atoms with Gasteiger partial charge in [-0.05, 0) is 44.9 Å². The van der Waals surface area contributed by atoms with Gasteiger partial charge in [-0.15, -0.1) is 0 Å². The second kappa shape index (κ2) is 57.4. The molecule has 12 heteroatoms. The number of phosphoric acid groups is 1. The topological polar surface area (TPSA) is 155 Å². The van der Waals surface area contributed by atoms with Gasteiger partial charge in [-0.25, -0.2) is 4.57 Å². The number of aliphatic hydroxyl groups is 1. The van der Waals surface area contributed by atoms with Crippen molar-refractivity contribution in [1.82, 2.24) is 0 Å². The van der Waals surface area contributed by atoms with E-state index in [0.717, 1.165) is 57.8 Å². The lowest BCUT2D eigenvalue weighted by molar-refractivity contribution is -0.161. The number of rotatable bonds is 60. The number of esters is 3. The number of allylic oxidation sites excluding steroid dienone is 2. The molecule has 3 atom stereocenters. The van der Waals surface area contributed by atoms with Crippen LogP contribution in [0.5, 0.6) is 0 Å². The summed E-state index contributed by atoms with van der Waals surface area (Å²) in [6.45, 7) is 4.72. The van der Waals surface area contributed by atoms with Crippen LogP contribution in [0.25, 0.3) is 0 Å². The van der Waals surface area contributed by atoms with E-state index in [1.807, 2.05) is 0 Å². The van der Waals surface area contributed by atoms with Crippen molar-refractivity contribution in [2.24, 2.45) is 0 Å². The number of hydrogen-bond acceptors (Lipinski definition) is 10. The van der Waals surface area contributed by atoms with Crippen LogP contribution in [0.4, 0.5) is 0 Å². The smallest absolute Gasteiger partial charge is 0.462 e. The third-order valence-corrected chi connectivity index (χ3v) is 15.1.